The summed E-state index contributed by atoms with van der Waals surface area (Å²) in [6.07, 6.45) is 2.87. The van der Waals surface area contributed by atoms with Crippen LogP contribution in [0.25, 0.3) is 6.08 Å². The van der Waals surface area contributed by atoms with E-state index < -0.39 is 11.9 Å². The van der Waals surface area contributed by atoms with Gasteiger partial charge in [0.15, 0.2) is 0 Å². The lowest BCUT2D eigenvalue weighted by Crippen LogP contribution is -2.09. The van der Waals surface area contributed by atoms with Crippen LogP contribution in [0.5, 0.6) is 23.0 Å². The number of hydrogen-bond acceptors (Lipinski definition) is 6. The van der Waals surface area contributed by atoms with Crippen molar-refractivity contribution in [3.05, 3.63) is 89.5 Å². The molecule has 3 rings (SSSR count). The van der Waals surface area contributed by atoms with Crippen molar-refractivity contribution in [1.82, 2.24) is 0 Å². The number of phenolic OH excluding ortho intramolecular Hbond substituents is 1. The highest BCUT2D eigenvalue weighted by Crippen LogP contribution is 2.25. The maximum atomic E-state index is 12.3. The zero-order valence-electron chi connectivity index (χ0n) is 16.5. The Morgan fingerprint density at radius 3 is 2.17 bits per heavy atom. The van der Waals surface area contributed by atoms with Crippen LogP contribution in [0, 0.1) is 6.92 Å². The number of benzene rings is 3. The molecule has 0 saturated carbocycles. The fraction of sp³-hybridized carbons (Fsp3) is 0.0833. The fourth-order valence-electron chi connectivity index (χ4n) is 2.59. The molecule has 0 radical (unpaired) electrons. The summed E-state index contributed by atoms with van der Waals surface area (Å²) in [6.45, 7) is 1.75. The van der Waals surface area contributed by atoms with E-state index in [4.69, 9.17) is 14.2 Å². The predicted molar refractivity (Wildman–Crippen MR) is 112 cm³/mol. The molecule has 0 fully saturated rings. The molecule has 0 unspecified atom stereocenters. The lowest BCUT2D eigenvalue weighted by atomic mass is 10.2. The summed E-state index contributed by atoms with van der Waals surface area (Å²) in [4.78, 5) is 24.3. The number of rotatable bonds is 6. The Labute approximate surface area is 174 Å². The fourth-order valence-corrected chi connectivity index (χ4v) is 2.59. The zero-order valence-corrected chi connectivity index (χ0v) is 16.5. The van der Waals surface area contributed by atoms with Crippen molar-refractivity contribution in [3.63, 3.8) is 0 Å². The van der Waals surface area contributed by atoms with Gasteiger partial charge in [0, 0.05) is 6.08 Å². The van der Waals surface area contributed by atoms with E-state index in [-0.39, 0.29) is 5.75 Å². The smallest absolute Gasteiger partial charge is 0.343 e. The second-order valence-electron chi connectivity index (χ2n) is 6.39. The molecule has 0 bridgehead atoms. The third-order valence-corrected chi connectivity index (χ3v) is 4.20. The molecule has 0 heterocycles. The zero-order chi connectivity index (χ0) is 21.5. The molecular formula is C24H20O6. The van der Waals surface area contributed by atoms with Gasteiger partial charge >= 0.3 is 11.9 Å². The lowest BCUT2D eigenvalue weighted by Gasteiger charge is -2.09. The minimum atomic E-state index is -0.551. The largest absolute Gasteiger partial charge is 0.508 e. The average Bonchev–Trinajstić information content (AvgIpc) is 2.75. The predicted octanol–water partition coefficient (Wildman–Crippen LogP) is 4.55. The second-order valence-corrected chi connectivity index (χ2v) is 6.39. The normalized spacial score (nSPS) is 10.6. The van der Waals surface area contributed by atoms with Gasteiger partial charge < -0.3 is 19.3 Å². The molecule has 152 valence electrons. The van der Waals surface area contributed by atoms with Crippen LogP contribution < -0.4 is 14.2 Å². The van der Waals surface area contributed by atoms with E-state index in [1.807, 2.05) is 0 Å². The van der Waals surface area contributed by atoms with Crippen LogP contribution in [0.4, 0.5) is 0 Å². The van der Waals surface area contributed by atoms with Crippen molar-refractivity contribution in [2.45, 2.75) is 6.92 Å². The van der Waals surface area contributed by atoms with Gasteiger partial charge in [-0.2, -0.15) is 0 Å². The molecule has 3 aromatic rings. The quantitative estimate of drug-likeness (QED) is 0.369. The third-order valence-electron chi connectivity index (χ3n) is 4.20. The Morgan fingerprint density at radius 1 is 0.867 bits per heavy atom. The molecule has 1 N–H and O–H groups in total. The maximum absolute atomic E-state index is 12.3. The summed E-state index contributed by atoms with van der Waals surface area (Å²) >= 11 is 0. The second kappa shape index (κ2) is 9.43. The molecule has 0 aliphatic rings. The van der Waals surface area contributed by atoms with Crippen molar-refractivity contribution in [3.8, 4) is 23.0 Å². The molecule has 0 aromatic heterocycles. The Bertz CT molecular complexity index is 1070. The molecule has 30 heavy (non-hydrogen) atoms. The molecule has 6 nitrogen and oxygen atoms in total. The van der Waals surface area contributed by atoms with E-state index in [0.717, 1.165) is 5.56 Å². The van der Waals surface area contributed by atoms with E-state index in [1.54, 1.807) is 74.7 Å². The highest BCUT2D eigenvalue weighted by molar-refractivity contribution is 5.91. The molecule has 0 saturated heterocycles. The highest BCUT2D eigenvalue weighted by atomic mass is 16.5. The SMILES string of the molecule is COc1ccc(C(=O)Oc2ccc(OC(=O)/C=C/c3ccc(O)cc3)cc2C)cc1. The van der Waals surface area contributed by atoms with Gasteiger partial charge in [0.1, 0.15) is 23.0 Å². The van der Waals surface area contributed by atoms with Gasteiger partial charge in [-0.05, 0) is 78.7 Å². The number of carbonyl (C=O) groups excluding carboxylic acids is 2. The van der Waals surface area contributed by atoms with Crippen molar-refractivity contribution < 1.29 is 28.9 Å². The first-order valence-corrected chi connectivity index (χ1v) is 9.10. The molecular weight excluding hydrogens is 384 g/mol. The van der Waals surface area contributed by atoms with E-state index in [2.05, 4.69) is 0 Å². The van der Waals surface area contributed by atoms with Crippen molar-refractivity contribution in [2.75, 3.05) is 7.11 Å². The Balaban J connectivity index is 1.62. The van der Waals surface area contributed by atoms with Crippen LogP contribution >= 0.6 is 0 Å². The van der Waals surface area contributed by atoms with Crippen molar-refractivity contribution >= 4 is 18.0 Å². The van der Waals surface area contributed by atoms with Crippen LogP contribution in [0.3, 0.4) is 0 Å². The summed E-state index contributed by atoms with van der Waals surface area (Å²) < 4.78 is 15.8. The van der Waals surface area contributed by atoms with E-state index >= 15 is 0 Å². The van der Waals surface area contributed by atoms with Gasteiger partial charge in [-0.1, -0.05) is 12.1 Å². The average molecular weight is 404 g/mol. The van der Waals surface area contributed by atoms with Crippen LogP contribution in [-0.2, 0) is 4.79 Å². The van der Waals surface area contributed by atoms with Crippen molar-refractivity contribution in [2.24, 2.45) is 0 Å². The molecule has 0 aliphatic carbocycles. The lowest BCUT2D eigenvalue weighted by molar-refractivity contribution is -0.128. The number of aryl methyl sites for hydroxylation is 1. The van der Waals surface area contributed by atoms with Gasteiger partial charge in [-0.25, -0.2) is 9.59 Å². The molecule has 0 atom stereocenters. The molecule has 3 aromatic carbocycles. The number of aromatic hydroxyl groups is 1. The number of carbonyl (C=O) groups is 2. The third kappa shape index (κ3) is 5.48. The molecule has 0 amide bonds. The number of methoxy groups -OCH3 is 1. The number of esters is 2. The summed E-state index contributed by atoms with van der Waals surface area (Å²) in [5, 5.41) is 9.27. The van der Waals surface area contributed by atoms with Gasteiger partial charge in [0.05, 0.1) is 12.7 Å². The van der Waals surface area contributed by atoms with Gasteiger partial charge in [-0.3, -0.25) is 0 Å². The van der Waals surface area contributed by atoms with Gasteiger partial charge in [0.25, 0.3) is 0 Å². The molecule has 6 heteroatoms. The van der Waals surface area contributed by atoms with E-state index in [9.17, 15) is 14.7 Å². The summed E-state index contributed by atoms with van der Waals surface area (Å²) in [7, 11) is 1.55. The monoisotopic (exact) mass is 404 g/mol. The van der Waals surface area contributed by atoms with Gasteiger partial charge in [-0.15, -0.1) is 0 Å². The van der Waals surface area contributed by atoms with E-state index in [1.165, 1.54) is 18.2 Å². The first-order valence-electron chi connectivity index (χ1n) is 9.10. The Kier molecular flexibility index (Phi) is 6.49. The first kappa shape index (κ1) is 20.7. The van der Waals surface area contributed by atoms with Crippen LogP contribution in [0.15, 0.2) is 72.8 Å². The summed E-state index contributed by atoms with van der Waals surface area (Å²) in [5.74, 6) is 0.450. The van der Waals surface area contributed by atoms with Gasteiger partial charge in [0.2, 0.25) is 0 Å². The minimum absolute atomic E-state index is 0.151. The number of hydrogen-bond donors (Lipinski definition) is 1. The topological polar surface area (TPSA) is 82.1 Å². The number of phenols is 1. The molecule has 0 aliphatic heterocycles. The van der Waals surface area contributed by atoms with E-state index in [0.29, 0.717) is 28.4 Å². The highest BCUT2D eigenvalue weighted by Gasteiger charge is 2.12. The Hall–Kier alpha value is -4.06. The standard InChI is InChI=1S/C24H20O6/c1-16-15-21(29-23(26)14-5-17-3-8-19(25)9-4-17)12-13-22(16)30-24(27)18-6-10-20(28-2)11-7-18/h3-15,25H,1-2H3/b14-5+. The Morgan fingerprint density at radius 2 is 1.53 bits per heavy atom. The minimum Gasteiger partial charge on any atom is -0.508 e. The van der Waals surface area contributed by atoms with Crippen molar-refractivity contribution in [1.29, 1.82) is 0 Å². The van der Waals surface area contributed by atoms with Crippen LogP contribution in [-0.4, -0.2) is 24.2 Å². The maximum Gasteiger partial charge on any atom is 0.343 e. The number of ether oxygens (including phenoxy) is 3. The van der Waals surface area contributed by atoms with Crippen LogP contribution in [0.2, 0.25) is 0 Å². The molecule has 0 spiro atoms. The summed E-state index contributed by atoms with van der Waals surface area (Å²) in [6, 6.07) is 17.7. The van der Waals surface area contributed by atoms with Crippen LogP contribution in [0.1, 0.15) is 21.5 Å². The first-order chi connectivity index (χ1) is 14.4. The summed E-state index contributed by atoms with van der Waals surface area (Å²) in [5.41, 5.74) is 1.79.